The summed E-state index contributed by atoms with van der Waals surface area (Å²) in [7, 11) is 0. The number of fused-ring (bicyclic) bond motifs is 7. The first-order valence-corrected chi connectivity index (χ1v) is 16.2. The zero-order chi connectivity index (χ0) is 30.9. The fourth-order valence-corrected chi connectivity index (χ4v) is 7.83. The van der Waals surface area contributed by atoms with E-state index < -0.39 is 0 Å². The molecule has 0 fully saturated rings. The Kier molecular flexibility index (Phi) is 5.64. The molecule has 0 aliphatic rings. The van der Waals surface area contributed by atoms with Crippen molar-refractivity contribution < 1.29 is 4.42 Å². The Morgan fingerprint density at radius 3 is 1.55 bits per heavy atom. The predicted octanol–water partition coefficient (Wildman–Crippen LogP) is 13.2. The van der Waals surface area contributed by atoms with Gasteiger partial charge in [0.1, 0.15) is 11.2 Å². The molecule has 0 amide bonds. The van der Waals surface area contributed by atoms with Crippen molar-refractivity contribution in [2.75, 3.05) is 0 Å². The number of benzene rings is 9. The van der Waals surface area contributed by atoms with Gasteiger partial charge in [-0.15, -0.1) is 0 Å². The van der Waals surface area contributed by atoms with Crippen molar-refractivity contribution >= 4 is 65.0 Å². The van der Waals surface area contributed by atoms with Crippen LogP contribution in [0.4, 0.5) is 0 Å². The van der Waals surface area contributed by atoms with Crippen LogP contribution in [0.3, 0.4) is 0 Å². The number of furan rings is 1. The second-order valence-electron chi connectivity index (χ2n) is 12.4. The van der Waals surface area contributed by atoms with Gasteiger partial charge in [-0.1, -0.05) is 152 Å². The lowest BCUT2D eigenvalue weighted by Crippen LogP contribution is -1.92. The highest BCUT2D eigenvalue weighted by Gasteiger charge is 2.20. The van der Waals surface area contributed by atoms with Crippen molar-refractivity contribution in [1.82, 2.24) is 0 Å². The molecule has 0 spiro atoms. The lowest BCUT2D eigenvalue weighted by molar-refractivity contribution is 0.669. The van der Waals surface area contributed by atoms with Gasteiger partial charge in [-0.3, -0.25) is 0 Å². The summed E-state index contributed by atoms with van der Waals surface area (Å²) < 4.78 is 6.29. The molecule has 0 aliphatic heterocycles. The van der Waals surface area contributed by atoms with E-state index in [4.69, 9.17) is 4.42 Å². The van der Waals surface area contributed by atoms with Crippen LogP contribution in [0.2, 0.25) is 0 Å². The van der Waals surface area contributed by atoms with Crippen LogP contribution in [0, 0.1) is 0 Å². The summed E-state index contributed by atoms with van der Waals surface area (Å²) >= 11 is 0. The van der Waals surface area contributed by atoms with Gasteiger partial charge in [-0.25, -0.2) is 0 Å². The van der Waals surface area contributed by atoms with Crippen LogP contribution >= 0.6 is 0 Å². The zero-order valence-corrected chi connectivity index (χ0v) is 25.6. The van der Waals surface area contributed by atoms with Gasteiger partial charge >= 0.3 is 0 Å². The Labute approximate surface area is 271 Å². The molecule has 1 heterocycles. The van der Waals surface area contributed by atoms with Crippen LogP contribution < -0.4 is 0 Å². The molecule has 1 heteroatoms. The van der Waals surface area contributed by atoms with E-state index in [1.54, 1.807) is 0 Å². The summed E-state index contributed by atoms with van der Waals surface area (Å²) in [5.74, 6) is 0. The molecule has 10 aromatic rings. The van der Waals surface area contributed by atoms with Crippen LogP contribution in [0.25, 0.3) is 98.4 Å². The van der Waals surface area contributed by atoms with Gasteiger partial charge in [0, 0.05) is 10.8 Å². The smallest absolute Gasteiger partial charge is 0.136 e. The van der Waals surface area contributed by atoms with Gasteiger partial charge in [0.15, 0.2) is 0 Å². The zero-order valence-electron chi connectivity index (χ0n) is 25.6. The Hall–Kier alpha value is -6.18. The van der Waals surface area contributed by atoms with Crippen LogP contribution in [0.5, 0.6) is 0 Å². The molecule has 218 valence electrons. The fourth-order valence-electron chi connectivity index (χ4n) is 7.83. The Morgan fingerprint density at radius 2 is 0.830 bits per heavy atom. The lowest BCUT2D eigenvalue weighted by Gasteiger charge is -2.20. The molecule has 0 atom stereocenters. The van der Waals surface area contributed by atoms with Crippen molar-refractivity contribution in [1.29, 1.82) is 0 Å². The van der Waals surface area contributed by atoms with Crippen molar-refractivity contribution in [3.05, 3.63) is 170 Å². The molecule has 9 aromatic carbocycles. The molecule has 0 unspecified atom stereocenters. The molecule has 0 N–H and O–H groups in total. The van der Waals surface area contributed by atoms with Crippen molar-refractivity contribution in [2.24, 2.45) is 0 Å². The minimum absolute atomic E-state index is 0.915. The van der Waals surface area contributed by atoms with Crippen molar-refractivity contribution in [2.45, 2.75) is 0 Å². The standard InChI is InChI=1S/C46H28O/c1-2-13-30-28-31(25-24-29(30)12-1)44-36-16-5-7-18-38(36)45(39-19-8-6-17-37(39)44)40-27-26-34(32-14-3-4-15-33(32)40)35-21-11-23-43-46(35)41-20-9-10-22-42(41)47-43/h1-28H. The minimum atomic E-state index is 0.915. The fraction of sp³-hybridized carbons (Fsp3) is 0. The van der Waals surface area contributed by atoms with Crippen LogP contribution in [-0.4, -0.2) is 0 Å². The molecular weight excluding hydrogens is 569 g/mol. The molecule has 1 nitrogen and oxygen atoms in total. The van der Waals surface area contributed by atoms with E-state index in [1.165, 1.54) is 76.5 Å². The lowest BCUT2D eigenvalue weighted by atomic mass is 9.83. The van der Waals surface area contributed by atoms with E-state index in [1.807, 2.05) is 6.07 Å². The maximum Gasteiger partial charge on any atom is 0.136 e. The Bertz CT molecular complexity index is 2800. The summed E-state index contributed by atoms with van der Waals surface area (Å²) in [6.07, 6.45) is 0. The van der Waals surface area contributed by atoms with Gasteiger partial charge in [-0.05, 0) is 94.7 Å². The number of hydrogen-bond acceptors (Lipinski definition) is 1. The van der Waals surface area contributed by atoms with E-state index in [2.05, 4.69) is 164 Å². The molecular formula is C46H28O. The van der Waals surface area contributed by atoms with Gasteiger partial charge in [-0.2, -0.15) is 0 Å². The van der Waals surface area contributed by atoms with Gasteiger partial charge in [0.2, 0.25) is 0 Å². The molecule has 0 radical (unpaired) electrons. The van der Waals surface area contributed by atoms with Crippen LogP contribution in [0.15, 0.2) is 174 Å². The van der Waals surface area contributed by atoms with Gasteiger partial charge in [0.25, 0.3) is 0 Å². The summed E-state index contributed by atoms with van der Waals surface area (Å²) in [6, 6.07) is 61.6. The minimum Gasteiger partial charge on any atom is -0.456 e. The summed E-state index contributed by atoms with van der Waals surface area (Å²) in [6.45, 7) is 0. The maximum atomic E-state index is 6.29. The average Bonchev–Trinajstić information content (AvgIpc) is 3.52. The first kappa shape index (κ1) is 26.1. The summed E-state index contributed by atoms with van der Waals surface area (Å²) in [5, 5.41) is 12.3. The van der Waals surface area contributed by atoms with E-state index >= 15 is 0 Å². The highest BCUT2D eigenvalue weighted by Crippen LogP contribution is 2.47. The number of hydrogen-bond donors (Lipinski definition) is 0. The third kappa shape index (κ3) is 3.90. The first-order valence-electron chi connectivity index (χ1n) is 16.2. The molecule has 0 bridgehead atoms. The topological polar surface area (TPSA) is 13.1 Å². The highest BCUT2D eigenvalue weighted by atomic mass is 16.3. The monoisotopic (exact) mass is 596 g/mol. The average molecular weight is 597 g/mol. The van der Waals surface area contributed by atoms with E-state index in [-0.39, 0.29) is 0 Å². The molecule has 47 heavy (non-hydrogen) atoms. The highest BCUT2D eigenvalue weighted by molar-refractivity contribution is 6.25. The van der Waals surface area contributed by atoms with Crippen molar-refractivity contribution in [3.8, 4) is 33.4 Å². The molecule has 10 rings (SSSR count). The first-order chi connectivity index (χ1) is 23.3. The second-order valence-corrected chi connectivity index (χ2v) is 12.4. The molecule has 0 saturated heterocycles. The van der Waals surface area contributed by atoms with Gasteiger partial charge < -0.3 is 4.42 Å². The summed E-state index contributed by atoms with van der Waals surface area (Å²) in [4.78, 5) is 0. The van der Waals surface area contributed by atoms with Crippen LogP contribution in [0.1, 0.15) is 0 Å². The third-order valence-corrected chi connectivity index (χ3v) is 9.86. The molecule has 0 aliphatic carbocycles. The van der Waals surface area contributed by atoms with E-state index in [0.29, 0.717) is 0 Å². The molecule has 0 saturated carbocycles. The largest absolute Gasteiger partial charge is 0.456 e. The predicted molar refractivity (Wildman–Crippen MR) is 200 cm³/mol. The number of rotatable bonds is 3. The van der Waals surface area contributed by atoms with E-state index in [0.717, 1.165) is 21.9 Å². The van der Waals surface area contributed by atoms with Gasteiger partial charge in [0.05, 0.1) is 0 Å². The third-order valence-electron chi connectivity index (χ3n) is 9.86. The number of para-hydroxylation sites is 1. The maximum absolute atomic E-state index is 6.29. The normalized spacial score (nSPS) is 11.8. The SMILES string of the molecule is c1ccc2cc(-c3c4ccccc4c(-c4ccc(-c5cccc6oc7ccccc7c56)c5ccccc45)c4ccccc34)ccc2c1. The van der Waals surface area contributed by atoms with Crippen LogP contribution in [-0.2, 0) is 0 Å². The quantitative estimate of drug-likeness (QED) is 0.185. The Morgan fingerprint density at radius 1 is 0.298 bits per heavy atom. The molecule has 1 aromatic heterocycles. The van der Waals surface area contributed by atoms with Crippen molar-refractivity contribution in [3.63, 3.8) is 0 Å². The Balaban J connectivity index is 1.28. The summed E-state index contributed by atoms with van der Waals surface area (Å²) in [5.41, 5.74) is 9.27. The van der Waals surface area contributed by atoms with E-state index in [9.17, 15) is 0 Å². The second kappa shape index (κ2) is 10.2.